The van der Waals surface area contributed by atoms with Crippen molar-refractivity contribution in [2.75, 3.05) is 26.9 Å². The zero-order valence-corrected chi connectivity index (χ0v) is 12.5. The number of rotatable bonds is 3. The van der Waals surface area contributed by atoms with Crippen molar-refractivity contribution in [3.05, 3.63) is 28.0 Å². The molecule has 116 valence electrons. The maximum atomic E-state index is 11.6. The number of ether oxygens (including phenoxy) is 1. The van der Waals surface area contributed by atoms with Gasteiger partial charge in [0.1, 0.15) is 5.75 Å². The van der Waals surface area contributed by atoms with Crippen LogP contribution in [-0.2, 0) is 0 Å². The zero-order chi connectivity index (χ0) is 15.2. The molecule has 1 aromatic carbocycles. The minimum absolute atomic E-state index is 0.0718. The first-order valence-electron chi connectivity index (χ1n) is 7.16. The number of H-pyrrole nitrogens is 2. The fraction of sp³-hybridized carbons (Fsp3) is 0.533. The third-order valence-corrected chi connectivity index (χ3v) is 3.79. The first-order valence-corrected chi connectivity index (χ1v) is 7.16. The van der Waals surface area contributed by atoms with Crippen molar-refractivity contribution in [3.8, 4) is 5.75 Å². The first-order chi connectivity index (χ1) is 10.2. The predicted molar refractivity (Wildman–Crippen MR) is 81.8 cm³/mol. The van der Waals surface area contributed by atoms with Crippen molar-refractivity contribution in [1.29, 1.82) is 0 Å². The molecule has 3 N–H and O–H groups in total. The molecule has 5 nitrogen and oxygen atoms in total. The Bertz CT molecular complexity index is 629. The van der Waals surface area contributed by atoms with Crippen molar-refractivity contribution in [2.45, 2.75) is 19.8 Å². The highest BCUT2D eigenvalue weighted by atomic mass is 19.1. The first kappa shape index (κ1) is 15.6. The van der Waals surface area contributed by atoms with Gasteiger partial charge >= 0.3 is 0 Å². The fourth-order valence-corrected chi connectivity index (χ4v) is 2.69. The van der Waals surface area contributed by atoms with Crippen LogP contribution in [0.15, 0.2) is 16.9 Å². The van der Waals surface area contributed by atoms with Crippen LogP contribution < -0.4 is 15.6 Å². The zero-order valence-electron chi connectivity index (χ0n) is 12.5. The van der Waals surface area contributed by atoms with E-state index in [1.165, 1.54) is 12.8 Å². The summed E-state index contributed by atoms with van der Waals surface area (Å²) in [5.41, 5.74) is 1.68. The molecule has 0 saturated carbocycles. The molecule has 1 aliphatic heterocycles. The van der Waals surface area contributed by atoms with Crippen LogP contribution in [0.2, 0.25) is 0 Å². The van der Waals surface area contributed by atoms with E-state index in [0.717, 1.165) is 36.5 Å². The molecule has 0 spiro atoms. The van der Waals surface area contributed by atoms with E-state index in [1.54, 1.807) is 0 Å². The Balaban J connectivity index is 0.000000774. The van der Waals surface area contributed by atoms with Gasteiger partial charge in [0.2, 0.25) is 0 Å². The van der Waals surface area contributed by atoms with Crippen LogP contribution >= 0.6 is 0 Å². The number of piperidine rings is 1. The molecule has 0 atom stereocenters. The molecule has 1 saturated heterocycles. The Morgan fingerprint density at radius 3 is 2.67 bits per heavy atom. The maximum Gasteiger partial charge on any atom is 0.272 e. The summed E-state index contributed by atoms with van der Waals surface area (Å²) in [6.45, 7) is 4.85. The van der Waals surface area contributed by atoms with E-state index in [2.05, 4.69) is 15.5 Å². The average molecular weight is 295 g/mol. The third-order valence-electron chi connectivity index (χ3n) is 3.79. The summed E-state index contributed by atoms with van der Waals surface area (Å²) < 4.78 is 15.4. The molecule has 0 amide bonds. The summed E-state index contributed by atoms with van der Waals surface area (Å²) in [6, 6.07) is 3.83. The molecule has 1 aliphatic rings. The number of hydrogen-bond donors (Lipinski definition) is 3. The molecule has 3 rings (SSSR count). The Kier molecular flexibility index (Phi) is 5.38. The number of fused-ring (bicyclic) bond motifs is 1. The molecule has 0 radical (unpaired) electrons. The van der Waals surface area contributed by atoms with Crippen LogP contribution in [0.25, 0.3) is 10.9 Å². The molecule has 6 heteroatoms. The highest BCUT2D eigenvalue weighted by Gasteiger charge is 2.14. The van der Waals surface area contributed by atoms with E-state index >= 15 is 0 Å². The van der Waals surface area contributed by atoms with Crippen molar-refractivity contribution < 1.29 is 9.13 Å². The number of aromatic amines is 2. The topological polar surface area (TPSA) is 69.9 Å². The van der Waals surface area contributed by atoms with Crippen LogP contribution in [0.3, 0.4) is 0 Å². The quantitative estimate of drug-likeness (QED) is 0.812. The van der Waals surface area contributed by atoms with Crippen LogP contribution in [0.5, 0.6) is 5.75 Å². The number of halogens is 1. The molecular weight excluding hydrogens is 273 g/mol. The minimum Gasteiger partial charge on any atom is -0.493 e. The van der Waals surface area contributed by atoms with Gasteiger partial charge in [0.25, 0.3) is 5.56 Å². The SMILES string of the molecule is CF.Cc1cc(OCC2CCNCC2)cc2[nH][nH]c(=O)c12. The summed E-state index contributed by atoms with van der Waals surface area (Å²) in [4.78, 5) is 11.6. The highest BCUT2D eigenvalue weighted by Crippen LogP contribution is 2.22. The summed E-state index contributed by atoms with van der Waals surface area (Å²) in [5, 5.41) is 9.55. The monoisotopic (exact) mass is 295 g/mol. The summed E-state index contributed by atoms with van der Waals surface area (Å²) in [6.07, 6.45) is 2.34. The van der Waals surface area contributed by atoms with Gasteiger partial charge in [-0.25, -0.2) is 0 Å². The number of nitrogens with one attached hydrogen (secondary N) is 3. The van der Waals surface area contributed by atoms with E-state index in [9.17, 15) is 9.18 Å². The largest absolute Gasteiger partial charge is 0.493 e. The minimum atomic E-state index is -0.0718. The van der Waals surface area contributed by atoms with E-state index in [4.69, 9.17) is 4.74 Å². The second kappa shape index (κ2) is 7.26. The molecule has 1 aromatic heterocycles. The Hall–Kier alpha value is -1.82. The van der Waals surface area contributed by atoms with Gasteiger partial charge in [-0.1, -0.05) is 0 Å². The van der Waals surface area contributed by atoms with E-state index < -0.39 is 0 Å². The van der Waals surface area contributed by atoms with E-state index in [0.29, 0.717) is 18.5 Å². The second-order valence-electron chi connectivity index (χ2n) is 5.25. The lowest BCUT2D eigenvalue weighted by Crippen LogP contribution is -2.30. The predicted octanol–water partition coefficient (Wildman–Crippen LogP) is 2.13. The molecule has 1 fully saturated rings. The van der Waals surface area contributed by atoms with E-state index in [1.807, 2.05) is 19.1 Å². The lowest BCUT2D eigenvalue weighted by atomic mass is 9.99. The van der Waals surface area contributed by atoms with Gasteiger partial charge < -0.3 is 10.1 Å². The normalized spacial score (nSPS) is 15.6. The van der Waals surface area contributed by atoms with Gasteiger partial charge in [0, 0.05) is 6.07 Å². The highest BCUT2D eigenvalue weighted by molar-refractivity contribution is 5.82. The van der Waals surface area contributed by atoms with Gasteiger partial charge in [0.05, 0.1) is 24.7 Å². The van der Waals surface area contributed by atoms with Crippen LogP contribution in [-0.4, -0.2) is 37.1 Å². The van der Waals surface area contributed by atoms with Crippen molar-refractivity contribution in [1.82, 2.24) is 15.5 Å². The summed E-state index contributed by atoms with van der Waals surface area (Å²) >= 11 is 0. The third kappa shape index (κ3) is 3.64. The van der Waals surface area contributed by atoms with Crippen LogP contribution in [0, 0.1) is 12.8 Å². The molecule has 2 aromatic rings. The van der Waals surface area contributed by atoms with Crippen LogP contribution in [0.1, 0.15) is 18.4 Å². The van der Waals surface area contributed by atoms with Crippen molar-refractivity contribution in [3.63, 3.8) is 0 Å². The average Bonchev–Trinajstić information content (AvgIpc) is 2.90. The van der Waals surface area contributed by atoms with Crippen molar-refractivity contribution in [2.24, 2.45) is 5.92 Å². The lowest BCUT2D eigenvalue weighted by molar-refractivity contribution is 0.215. The second-order valence-corrected chi connectivity index (χ2v) is 5.25. The van der Waals surface area contributed by atoms with E-state index in [-0.39, 0.29) is 5.56 Å². The molecule has 0 bridgehead atoms. The Morgan fingerprint density at radius 2 is 1.95 bits per heavy atom. The summed E-state index contributed by atoms with van der Waals surface area (Å²) in [5.74, 6) is 1.46. The molecule has 2 heterocycles. The van der Waals surface area contributed by atoms with Gasteiger partial charge in [0.15, 0.2) is 0 Å². The lowest BCUT2D eigenvalue weighted by Gasteiger charge is -2.22. The number of aromatic nitrogens is 2. The standard InChI is InChI=1S/C14H19N3O2.CH3F/c1-9-6-11(7-12-13(9)14(18)17-16-12)19-8-10-2-4-15-5-3-10;1-2/h6-7,10,15H,2-5,8H2,1H3,(H2,16,17,18);1H3. The van der Waals surface area contributed by atoms with Gasteiger partial charge in [-0.05, 0) is 50.4 Å². The number of aryl methyl sites for hydroxylation is 1. The maximum absolute atomic E-state index is 11.6. The van der Waals surface area contributed by atoms with Gasteiger partial charge in [-0.15, -0.1) is 0 Å². The molecule has 0 unspecified atom stereocenters. The molecule has 0 aliphatic carbocycles. The van der Waals surface area contributed by atoms with Gasteiger partial charge in [-0.2, -0.15) is 0 Å². The van der Waals surface area contributed by atoms with Crippen molar-refractivity contribution >= 4 is 10.9 Å². The van der Waals surface area contributed by atoms with Gasteiger partial charge in [-0.3, -0.25) is 19.4 Å². The smallest absolute Gasteiger partial charge is 0.272 e. The summed E-state index contributed by atoms with van der Waals surface area (Å²) in [7, 11) is 0.500. The Labute approximate surface area is 122 Å². The Morgan fingerprint density at radius 1 is 1.24 bits per heavy atom. The fourth-order valence-electron chi connectivity index (χ4n) is 2.69. The number of hydrogen-bond acceptors (Lipinski definition) is 3. The number of benzene rings is 1. The molecular formula is C15H22FN3O2. The molecule has 21 heavy (non-hydrogen) atoms. The number of alkyl halides is 1. The van der Waals surface area contributed by atoms with Crippen LogP contribution in [0.4, 0.5) is 4.39 Å².